The summed E-state index contributed by atoms with van der Waals surface area (Å²) < 4.78 is 16.2. The summed E-state index contributed by atoms with van der Waals surface area (Å²) in [6.45, 7) is 9.62. The molecule has 55 heavy (non-hydrogen) atoms. The van der Waals surface area contributed by atoms with Gasteiger partial charge in [0.1, 0.15) is 22.0 Å². The SMILES string of the molecule is CCOC(=O)c1c(NC(=O)C(C)Sc2cccc(NC(=O)/C(=C/c3cccc(OC)c3)NC(=O)c3ccccc3)c2)sc2c1CCN(C(=O)OC(C)(C)C)C2. The van der Waals surface area contributed by atoms with Gasteiger partial charge in [0.2, 0.25) is 5.91 Å². The number of ether oxygens (including phenoxy) is 3. The number of carbonyl (C=O) groups excluding carboxylic acids is 5. The number of hydrogen-bond acceptors (Lipinski definition) is 10. The van der Waals surface area contributed by atoms with Crippen molar-refractivity contribution in [3.05, 3.63) is 112 Å². The van der Waals surface area contributed by atoms with Gasteiger partial charge >= 0.3 is 12.1 Å². The lowest BCUT2D eigenvalue weighted by Gasteiger charge is -2.30. The number of fused-ring (bicyclic) bond motifs is 1. The van der Waals surface area contributed by atoms with E-state index in [2.05, 4.69) is 16.0 Å². The zero-order valence-corrected chi connectivity index (χ0v) is 33.2. The van der Waals surface area contributed by atoms with E-state index in [1.165, 1.54) is 23.1 Å². The second-order valence-electron chi connectivity index (χ2n) is 13.5. The van der Waals surface area contributed by atoms with Gasteiger partial charge in [0, 0.05) is 27.6 Å². The third-order valence-corrected chi connectivity index (χ3v) is 10.4. The van der Waals surface area contributed by atoms with Gasteiger partial charge in [0.05, 0.1) is 31.1 Å². The van der Waals surface area contributed by atoms with Crippen LogP contribution >= 0.6 is 23.1 Å². The number of nitrogens with one attached hydrogen (secondary N) is 3. The molecule has 4 aromatic rings. The predicted molar refractivity (Wildman–Crippen MR) is 215 cm³/mol. The van der Waals surface area contributed by atoms with Crippen LogP contribution in [0.15, 0.2) is 89.5 Å². The van der Waals surface area contributed by atoms with Crippen molar-refractivity contribution in [3.63, 3.8) is 0 Å². The van der Waals surface area contributed by atoms with Crippen LogP contribution in [0.1, 0.15) is 71.3 Å². The van der Waals surface area contributed by atoms with E-state index in [1.54, 1.807) is 126 Å². The molecule has 14 heteroatoms. The Morgan fingerprint density at radius 1 is 0.964 bits per heavy atom. The largest absolute Gasteiger partial charge is 0.497 e. The Morgan fingerprint density at radius 2 is 1.71 bits per heavy atom. The molecule has 0 saturated carbocycles. The lowest BCUT2D eigenvalue weighted by molar-refractivity contribution is -0.115. The fraction of sp³-hybridized carbons (Fsp3) is 0.293. The van der Waals surface area contributed by atoms with E-state index in [-0.39, 0.29) is 24.8 Å². The van der Waals surface area contributed by atoms with Gasteiger partial charge in [-0.1, -0.05) is 36.4 Å². The molecule has 0 saturated heterocycles. The van der Waals surface area contributed by atoms with Crippen LogP contribution in [-0.2, 0) is 32.0 Å². The van der Waals surface area contributed by atoms with Crippen LogP contribution in [0.2, 0.25) is 0 Å². The predicted octanol–water partition coefficient (Wildman–Crippen LogP) is 7.76. The van der Waals surface area contributed by atoms with Gasteiger partial charge in [-0.25, -0.2) is 9.59 Å². The molecule has 1 aromatic heterocycles. The third kappa shape index (κ3) is 11.0. The number of nitrogens with zero attached hydrogens (tertiary/aromatic N) is 1. The van der Waals surface area contributed by atoms with Crippen molar-refractivity contribution in [2.24, 2.45) is 0 Å². The molecular weight excluding hydrogens is 741 g/mol. The molecule has 1 unspecified atom stereocenters. The molecule has 0 aliphatic carbocycles. The second kappa shape index (κ2) is 18.2. The van der Waals surface area contributed by atoms with Crippen LogP contribution in [-0.4, -0.2) is 65.8 Å². The Morgan fingerprint density at radius 3 is 2.42 bits per heavy atom. The molecule has 0 spiro atoms. The Bertz CT molecular complexity index is 2090. The zero-order chi connectivity index (χ0) is 39.7. The second-order valence-corrected chi connectivity index (χ2v) is 16.0. The number of hydrogen-bond donors (Lipinski definition) is 3. The number of methoxy groups -OCH3 is 1. The van der Waals surface area contributed by atoms with E-state index < -0.39 is 34.7 Å². The van der Waals surface area contributed by atoms with Gasteiger partial charge in [0.15, 0.2) is 0 Å². The monoisotopic (exact) mass is 784 g/mol. The van der Waals surface area contributed by atoms with Crippen molar-refractivity contribution >= 4 is 69.6 Å². The lowest BCUT2D eigenvalue weighted by atomic mass is 10.0. The summed E-state index contributed by atoms with van der Waals surface area (Å²) in [6.07, 6.45) is 1.52. The van der Waals surface area contributed by atoms with E-state index in [4.69, 9.17) is 14.2 Å². The number of amides is 4. The maximum Gasteiger partial charge on any atom is 0.410 e. The van der Waals surface area contributed by atoms with Gasteiger partial charge in [-0.2, -0.15) is 0 Å². The van der Waals surface area contributed by atoms with Gasteiger partial charge in [-0.15, -0.1) is 23.1 Å². The molecule has 5 rings (SSSR count). The fourth-order valence-electron chi connectivity index (χ4n) is 5.55. The topological polar surface area (TPSA) is 152 Å². The first-order chi connectivity index (χ1) is 26.2. The fourth-order valence-corrected chi connectivity index (χ4v) is 7.73. The van der Waals surface area contributed by atoms with Crippen LogP contribution < -0.4 is 20.7 Å². The Hall–Kier alpha value is -5.60. The highest BCUT2D eigenvalue weighted by Gasteiger charge is 2.33. The molecule has 0 fully saturated rings. The van der Waals surface area contributed by atoms with E-state index in [1.807, 2.05) is 6.07 Å². The minimum atomic E-state index is -0.654. The van der Waals surface area contributed by atoms with E-state index >= 15 is 0 Å². The van der Waals surface area contributed by atoms with Crippen molar-refractivity contribution < 1.29 is 38.2 Å². The summed E-state index contributed by atoms with van der Waals surface area (Å²) in [7, 11) is 1.54. The van der Waals surface area contributed by atoms with Crippen LogP contribution in [0.5, 0.6) is 5.75 Å². The van der Waals surface area contributed by atoms with Gasteiger partial charge in [0.25, 0.3) is 11.8 Å². The average Bonchev–Trinajstić information content (AvgIpc) is 3.51. The molecule has 12 nitrogen and oxygen atoms in total. The third-order valence-electron chi connectivity index (χ3n) is 8.13. The number of benzene rings is 3. The molecular formula is C41H44N4O8S2. The molecule has 0 bridgehead atoms. The van der Waals surface area contributed by atoms with Crippen LogP contribution in [0.3, 0.4) is 0 Å². The maximum absolute atomic E-state index is 13.7. The number of rotatable bonds is 12. The number of esters is 1. The highest BCUT2D eigenvalue weighted by atomic mass is 32.2. The Balaban J connectivity index is 1.30. The zero-order valence-electron chi connectivity index (χ0n) is 31.5. The summed E-state index contributed by atoms with van der Waals surface area (Å²) in [6, 6.07) is 22.7. The molecule has 3 aromatic carbocycles. The summed E-state index contributed by atoms with van der Waals surface area (Å²) in [5.74, 6) is -1.30. The van der Waals surface area contributed by atoms with Crippen LogP contribution in [0.25, 0.3) is 6.08 Å². The van der Waals surface area contributed by atoms with Crippen molar-refractivity contribution in [1.82, 2.24) is 10.2 Å². The van der Waals surface area contributed by atoms with Crippen molar-refractivity contribution in [2.45, 2.75) is 63.3 Å². The highest BCUT2D eigenvalue weighted by Crippen LogP contribution is 2.39. The van der Waals surface area contributed by atoms with E-state index in [0.29, 0.717) is 51.0 Å². The maximum atomic E-state index is 13.7. The quantitative estimate of drug-likeness (QED) is 0.0744. The van der Waals surface area contributed by atoms with Crippen LogP contribution in [0.4, 0.5) is 15.5 Å². The summed E-state index contributed by atoms with van der Waals surface area (Å²) in [5, 5.41) is 8.27. The summed E-state index contributed by atoms with van der Waals surface area (Å²) >= 11 is 2.50. The van der Waals surface area contributed by atoms with Gasteiger partial charge in [-0.05, 0) is 101 Å². The van der Waals surface area contributed by atoms with E-state index in [0.717, 1.165) is 10.4 Å². The van der Waals surface area contributed by atoms with Crippen LogP contribution in [0, 0.1) is 0 Å². The molecule has 2 heterocycles. The number of thiophene rings is 1. The van der Waals surface area contributed by atoms with Crippen molar-refractivity contribution in [1.29, 1.82) is 0 Å². The minimum absolute atomic E-state index is 0.0122. The molecule has 288 valence electrons. The first-order valence-electron chi connectivity index (χ1n) is 17.6. The molecule has 4 amide bonds. The standard InChI is InChI=1S/C41H44N4O8S2/c1-7-52-39(49)34-31-19-20-45(40(50)53-41(3,4)5)24-33(31)55-38(34)44-35(46)25(2)54-30-18-12-16-28(23-30)42-37(48)32(22-26-13-11-17-29(21-26)51-6)43-36(47)27-14-9-8-10-15-27/h8-18,21-23,25H,7,19-20,24H2,1-6H3,(H,42,48)(H,43,47)(H,44,46)/b32-22-. The Labute approximate surface area is 328 Å². The molecule has 1 aliphatic rings. The highest BCUT2D eigenvalue weighted by molar-refractivity contribution is 8.00. The molecule has 1 atom stereocenters. The summed E-state index contributed by atoms with van der Waals surface area (Å²) in [4.78, 5) is 69.3. The van der Waals surface area contributed by atoms with Gasteiger partial charge in [-0.3, -0.25) is 14.4 Å². The smallest absolute Gasteiger partial charge is 0.410 e. The van der Waals surface area contributed by atoms with Crippen molar-refractivity contribution in [3.8, 4) is 5.75 Å². The number of thioether (sulfide) groups is 1. The normalized spacial score (nSPS) is 13.2. The van der Waals surface area contributed by atoms with E-state index in [9.17, 15) is 24.0 Å². The lowest BCUT2D eigenvalue weighted by Crippen LogP contribution is -2.39. The first kappa shape index (κ1) is 40.6. The average molecular weight is 785 g/mol. The first-order valence-corrected chi connectivity index (χ1v) is 19.3. The number of anilines is 2. The van der Waals surface area contributed by atoms with Gasteiger partial charge < -0.3 is 35.1 Å². The minimum Gasteiger partial charge on any atom is -0.497 e. The Kier molecular flexibility index (Phi) is 13.4. The summed E-state index contributed by atoms with van der Waals surface area (Å²) in [5.41, 5.74) is 1.88. The number of carbonyl (C=O) groups is 5. The molecule has 3 N–H and O–H groups in total. The van der Waals surface area contributed by atoms with Crippen molar-refractivity contribution in [2.75, 3.05) is 30.9 Å². The molecule has 1 aliphatic heterocycles. The molecule has 0 radical (unpaired) electrons.